The van der Waals surface area contributed by atoms with Gasteiger partial charge in [-0.05, 0) is 55.6 Å². The molecule has 0 amide bonds. The zero-order valence-electron chi connectivity index (χ0n) is 21.6. The van der Waals surface area contributed by atoms with Gasteiger partial charge in [0.1, 0.15) is 0 Å². The second-order valence-electron chi connectivity index (χ2n) is 9.58. The van der Waals surface area contributed by atoms with Gasteiger partial charge in [-0.25, -0.2) is 0 Å². The van der Waals surface area contributed by atoms with E-state index in [4.69, 9.17) is 33.2 Å². The molecular weight excluding hydrogens is 567 g/mol. The molecule has 40 heavy (non-hydrogen) atoms. The summed E-state index contributed by atoms with van der Waals surface area (Å²) in [7, 11) is 0. The molecule has 0 nitrogen and oxygen atoms in total. The lowest BCUT2D eigenvalue weighted by Crippen LogP contribution is -2.35. The fourth-order valence-corrected chi connectivity index (χ4v) is 8.31. The Morgan fingerprint density at radius 2 is 0.475 bits per heavy atom. The molecule has 6 aromatic rings. The van der Waals surface area contributed by atoms with Crippen molar-refractivity contribution < 1.29 is 0 Å². The summed E-state index contributed by atoms with van der Waals surface area (Å²) < 4.78 is 0. The molecule has 0 radical (unpaired) electrons. The molecule has 0 spiro atoms. The first kappa shape index (κ1) is 26.6. The second kappa shape index (κ2) is 11.5. The average molecular weight is 592 g/mol. The fourth-order valence-electron chi connectivity index (χ4n) is 5.50. The Balaban J connectivity index is 1.96. The molecule has 0 unspecified atom stereocenters. The number of halogens is 3. The molecule has 4 heteroatoms. The Labute approximate surface area is 250 Å². The number of hydrogen-bond donors (Lipinski definition) is 0. The van der Waals surface area contributed by atoms with E-state index < -0.39 is 6.00 Å². The lowest BCUT2D eigenvalue weighted by Gasteiger charge is -2.30. The topological polar surface area (TPSA) is 0 Å². The van der Waals surface area contributed by atoms with Crippen LogP contribution in [0.2, 0.25) is 0 Å². The predicted molar refractivity (Wildman–Crippen MR) is 177 cm³/mol. The van der Waals surface area contributed by atoms with E-state index in [-0.39, 0.29) is 0 Å². The van der Waals surface area contributed by atoms with Crippen LogP contribution >= 0.6 is 33.2 Å². The largest absolute Gasteiger partial charge is 0.374 e. The lowest BCUT2D eigenvalue weighted by molar-refractivity contribution is 1.54. The highest BCUT2D eigenvalue weighted by Crippen LogP contribution is 2.51. The summed E-state index contributed by atoms with van der Waals surface area (Å²) in [6.07, 6.45) is 0. The summed E-state index contributed by atoms with van der Waals surface area (Å²) in [4.78, 5) is 0. The maximum Gasteiger partial charge on any atom is 0.374 e. The average Bonchev–Trinajstić information content (AvgIpc) is 3.01. The number of hydrogen-bond acceptors (Lipinski definition) is 0. The molecule has 0 bridgehead atoms. The van der Waals surface area contributed by atoms with Crippen LogP contribution in [0.3, 0.4) is 0 Å². The highest BCUT2D eigenvalue weighted by atomic mass is 35.8. The van der Waals surface area contributed by atoms with E-state index in [0.717, 1.165) is 60.8 Å². The van der Waals surface area contributed by atoms with Crippen LogP contribution in [0.25, 0.3) is 55.6 Å². The van der Waals surface area contributed by atoms with Crippen molar-refractivity contribution in [3.8, 4) is 55.6 Å². The van der Waals surface area contributed by atoms with E-state index in [1.165, 1.54) is 0 Å². The van der Waals surface area contributed by atoms with Gasteiger partial charge >= 0.3 is 6.00 Å². The van der Waals surface area contributed by atoms with Gasteiger partial charge in [-0.1, -0.05) is 152 Å². The quantitative estimate of drug-likeness (QED) is 0.133. The highest BCUT2D eigenvalue weighted by Gasteiger charge is 2.39. The first-order valence-electron chi connectivity index (χ1n) is 13.1. The van der Waals surface area contributed by atoms with Crippen LogP contribution in [-0.4, -0.2) is 6.00 Å². The number of benzene rings is 6. The molecule has 0 saturated heterocycles. The summed E-state index contributed by atoms with van der Waals surface area (Å²) in [6, 6.07) is 48.6. The third-order valence-electron chi connectivity index (χ3n) is 7.10. The van der Waals surface area contributed by atoms with Gasteiger partial charge in [0, 0.05) is 5.19 Å². The summed E-state index contributed by atoms with van der Waals surface area (Å²) >= 11 is 21.5. The first-order valence-corrected chi connectivity index (χ1v) is 18.2. The van der Waals surface area contributed by atoms with Gasteiger partial charge in [-0.15, -0.1) is 33.2 Å². The minimum atomic E-state index is -3.52. The molecule has 194 valence electrons. The minimum Gasteiger partial charge on any atom is -0.121 e. The standard InChI is InChI=1S/C36H25Cl3Si/c37-40(38,39)36-34(29-22-12-4-13-23-29)32(27-18-8-2-9-19-27)31(26-16-6-1-7-17-26)33(28-20-10-3-11-21-28)35(36)30-24-14-5-15-25-30/h1-25H. The summed E-state index contributed by atoms with van der Waals surface area (Å²) in [5.74, 6) is 0. The van der Waals surface area contributed by atoms with E-state index in [2.05, 4.69) is 97.1 Å². The Morgan fingerprint density at radius 3 is 0.700 bits per heavy atom. The smallest absolute Gasteiger partial charge is 0.121 e. The van der Waals surface area contributed by atoms with Gasteiger partial charge < -0.3 is 0 Å². The van der Waals surface area contributed by atoms with Gasteiger partial charge in [-0.2, -0.15) is 0 Å². The molecular formula is C36H25Cl3Si. The fraction of sp³-hybridized carbons (Fsp3) is 0. The van der Waals surface area contributed by atoms with Crippen molar-refractivity contribution in [1.82, 2.24) is 0 Å². The van der Waals surface area contributed by atoms with E-state index in [1.807, 2.05) is 54.6 Å². The molecule has 6 rings (SSSR count). The molecule has 0 aliphatic rings. The van der Waals surface area contributed by atoms with Crippen LogP contribution in [0.5, 0.6) is 0 Å². The van der Waals surface area contributed by atoms with Crippen molar-refractivity contribution in [3.63, 3.8) is 0 Å². The van der Waals surface area contributed by atoms with Crippen LogP contribution in [0.15, 0.2) is 152 Å². The predicted octanol–water partition coefficient (Wildman–Crippen LogP) is 10.9. The van der Waals surface area contributed by atoms with Crippen molar-refractivity contribution in [1.29, 1.82) is 0 Å². The Hall–Kier alpha value is -3.59. The van der Waals surface area contributed by atoms with Gasteiger partial charge in [0.2, 0.25) is 0 Å². The molecule has 0 N–H and O–H groups in total. The zero-order chi connectivity index (χ0) is 27.5. The van der Waals surface area contributed by atoms with Crippen molar-refractivity contribution >= 4 is 44.4 Å². The lowest BCUT2D eigenvalue weighted by atomic mass is 9.78. The van der Waals surface area contributed by atoms with Crippen LogP contribution in [0, 0.1) is 0 Å². The first-order chi connectivity index (χ1) is 19.5. The van der Waals surface area contributed by atoms with Crippen LogP contribution in [0.1, 0.15) is 0 Å². The van der Waals surface area contributed by atoms with E-state index >= 15 is 0 Å². The summed E-state index contributed by atoms with van der Waals surface area (Å²) in [5.41, 5.74) is 10.5. The van der Waals surface area contributed by atoms with E-state index in [9.17, 15) is 0 Å². The summed E-state index contributed by atoms with van der Waals surface area (Å²) in [6.45, 7) is 0. The Kier molecular flexibility index (Phi) is 7.64. The molecule has 0 aliphatic heterocycles. The summed E-state index contributed by atoms with van der Waals surface area (Å²) in [5, 5.41) is 0.798. The minimum absolute atomic E-state index is 0.798. The second-order valence-corrected chi connectivity index (χ2v) is 17.9. The Morgan fingerprint density at radius 1 is 0.275 bits per heavy atom. The molecule has 0 fully saturated rings. The van der Waals surface area contributed by atoms with E-state index in [0.29, 0.717) is 0 Å². The van der Waals surface area contributed by atoms with Crippen molar-refractivity contribution in [3.05, 3.63) is 152 Å². The van der Waals surface area contributed by atoms with Gasteiger partial charge in [0.05, 0.1) is 0 Å². The maximum atomic E-state index is 7.16. The highest BCUT2D eigenvalue weighted by molar-refractivity contribution is 7.70. The van der Waals surface area contributed by atoms with Crippen LogP contribution in [-0.2, 0) is 0 Å². The van der Waals surface area contributed by atoms with E-state index in [1.54, 1.807) is 0 Å². The van der Waals surface area contributed by atoms with Crippen molar-refractivity contribution in [2.75, 3.05) is 0 Å². The van der Waals surface area contributed by atoms with Gasteiger partial charge in [0.15, 0.2) is 0 Å². The third-order valence-corrected chi connectivity index (χ3v) is 9.86. The van der Waals surface area contributed by atoms with Crippen molar-refractivity contribution in [2.45, 2.75) is 0 Å². The van der Waals surface area contributed by atoms with Gasteiger partial charge in [0.25, 0.3) is 0 Å². The SMILES string of the molecule is Cl[Si](Cl)(Cl)c1c(-c2ccccc2)c(-c2ccccc2)c(-c2ccccc2)c(-c2ccccc2)c1-c1ccccc1. The number of rotatable bonds is 6. The van der Waals surface area contributed by atoms with Crippen LogP contribution < -0.4 is 5.19 Å². The third kappa shape index (κ3) is 5.14. The zero-order valence-corrected chi connectivity index (χ0v) is 24.8. The van der Waals surface area contributed by atoms with Crippen molar-refractivity contribution in [2.24, 2.45) is 0 Å². The molecule has 0 aliphatic carbocycles. The van der Waals surface area contributed by atoms with Gasteiger partial charge in [-0.3, -0.25) is 0 Å². The molecule has 0 atom stereocenters. The monoisotopic (exact) mass is 590 g/mol. The maximum absolute atomic E-state index is 7.16. The molecule has 0 saturated carbocycles. The molecule has 0 heterocycles. The molecule has 6 aromatic carbocycles. The normalized spacial score (nSPS) is 11.4. The molecule has 0 aromatic heterocycles. The van der Waals surface area contributed by atoms with Crippen LogP contribution in [0.4, 0.5) is 0 Å². The Bertz CT molecular complexity index is 1630.